The third-order valence-electron chi connectivity index (χ3n) is 8.73. The highest BCUT2D eigenvalue weighted by Gasteiger charge is 2.18. The van der Waals surface area contributed by atoms with Crippen molar-refractivity contribution in [1.29, 1.82) is 0 Å². The molecule has 7 aromatic carbocycles. The van der Waals surface area contributed by atoms with E-state index < -0.39 is 0 Å². The van der Waals surface area contributed by atoms with Gasteiger partial charge in [-0.2, -0.15) is 0 Å². The zero-order valence-corrected chi connectivity index (χ0v) is 31.3. The monoisotopic (exact) mass is 760 g/mol. The van der Waals surface area contributed by atoms with Gasteiger partial charge in [-0.05, 0) is 145 Å². The summed E-state index contributed by atoms with van der Waals surface area (Å²) in [5.41, 5.74) is 9.61. The SMILES string of the molecule is COc1cc(-c2ccc(N(c3ccc(Cl)cc3)c3ccc(Cl)cc3)cc2)c(OC)cc1-c1ccc(N(c2ccc(Cl)cc2)c2ccc(Cl)cc2)cc1. The second-order valence-corrected chi connectivity index (χ2v) is 13.7. The van der Waals surface area contributed by atoms with E-state index in [-0.39, 0.29) is 0 Å². The van der Waals surface area contributed by atoms with E-state index in [0.717, 1.165) is 67.9 Å². The first-order valence-electron chi connectivity index (χ1n) is 16.4. The first-order valence-corrected chi connectivity index (χ1v) is 17.9. The molecule has 0 aliphatic heterocycles. The third-order valence-corrected chi connectivity index (χ3v) is 9.74. The van der Waals surface area contributed by atoms with E-state index in [1.807, 2.05) is 109 Å². The number of rotatable bonds is 10. The Balaban J connectivity index is 1.22. The average Bonchev–Trinajstić information content (AvgIpc) is 3.18. The number of anilines is 6. The Morgan fingerprint density at radius 2 is 0.538 bits per heavy atom. The lowest BCUT2D eigenvalue weighted by Crippen LogP contribution is -2.09. The van der Waals surface area contributed by atoms with Crippen LogP contribution in [0, 0.1) is 0 Å². The van der Waals surface area contributed by atoms with E-state index in [2.05, 4.69) is 58.3 Å². The Labute approximate surface area is 323 Å². The summed E-state index contributed by atoms with van der Waals surface area (Å²) in [5.74, 6) is 1.45. The Bertz CT molecular complexity index is 2020. The molecule has 8 heteroatoms. The van der Waals surface area contributed by atoms with Gasteiger partial charge in [-0.25, -0.2) is 0 Å². The van der Waals surface area contributed by atoms with Crippen LogP contribution in [0.25, 0.3) is 22.3 Å². The number of methoxy groups -OCH3 is 2. The summed E-state index contributed by atoms with van der Waals surface area (Å²) in [6.07, 6.45) is 0. The number of ether oxygens (including phenoxy) is 2. The fourth-order valence-corrected chi connectivity index (χ4v) is 6.69. The topological polar surface area (TPSA) is 24.9 Å². The predicted molar refractivity (Wildman–Crippen MR) is 220 cm³/mol. The van der Waals surface area contributed by atoms with Crippen LogP contribution in [0.3, 0.4) is 0 Å². The van der Waals surface area contributed by atoms with Gasteiger partial charge >= 0.3 is 0 Å². The Morgan fingerprint density at radius 3 is 0.750 bits per heavy atom. The van der Waals surface area contributed by atoms with Crippen molar-refractivity contribution in [3.05, 3.63) is 178 Å². The number of hydrogen-bond donors (Lipinski definition) is 0. The first kappa shape index (κ1) is 35.3. The molecule has 0 saturated heterocycles. The molecule has 0 aliphatic rings. The average molecular weight is 763 g/mol. The Morgan fingerprint density at radius 1 is 0.327 bits per heavy atom. The molecule has 0 atom stereocenters. The van der Waals surface area contributed by atoms with Crippen molar-refractivity contribution in [3.63, 3.8) is 0 Å². The molecular weight excluding hydrogens is 730 g/mol. The molecule has 0 fully saturated rings. The third kappa shape index (κ3) is 7.57. The van der Waals surface area contributed by atoms with Crippen LogP contribution < -0.4 is 19.3 Å². The summed E-state index contributed by atoms with van der Waals surface area (Å²) in [4.78, 5) is 4.31. The first-order chi connectivity index (χ1) is 25.3. The van der Waals surface area contributed by atoms with E-state index >= 15 is 0 Å². The molecule has 0 aromatic heterocycles. The molecule has 0 radical (unpaired) electrons. The number of hydrogen-bond acceptors (Lipinski definition) is 4. The minimum Gasteiger partial charge on any atom is -0.496 e. The fourth-order valence-electron chi connectivity index (χ4n) is 6.18. The smallest absolute Gasteiger partial charge is 0.127 e. The lowest BCUT2D eigenvalue weighted by Gasteiger charge is -2.26. The van der Waals surface area contributed by atoms with E-state index in [4.69, 9.17) is 55.9 Å². The zero-order chi connectivity index (χ0) is 36.2. The summed E-state index contributed by atoms with van der Waals surface area (Å²) in [6.45, 7) is 0. The number of benzene rings is 7. The van der Waals surface area contributed by atoms with Crippen molar-refractivity contribution >= 4 is 80.5 Å². The molecule has 0 N–H and O–H groups in total. The van der Waals surface area contributed by atoms with Gasteiger partial charge in [0.05, 0.1) is 14.2 Å². The van der Waals surface area contributed by atoms with E-state index in [0.29, 0.717) is 20.1 Å². The van der Waals surface area contributed by atoms with Crippen LogP contribution in [0.4, 0.5) is 34.1 Å². The highest BCUT2D eigenvalue weighted by molar-refractivity contribution is 6.31. The van der Waals surface area contributed by atoms with Crippen molar-refractivity contribution < 1.29 is 9.47 Å². The maximum atomic E-state index is 6.23. The summed E-state index contributed by atoms with van der Waals surface area (Å²) in [7, 11) is 3.37. The molecule has 7 aromatic rings. The second-order valence-electron chi connectivity index (χ2n) is 11.9. The van der Waals surface area contributed by atoms with Crippen LogP contribution >= 0.6 is 46.4 Å². The summed E-state index contributed by atoms with van der Waals surface area (Å²) in [6, 6.07) is 51.8. The van der Waals surface area contributed by atoms with Crippen molar-refractivity contribution in [2.45, 2.75) is 0 Å². The normalized spacial score (nSPS) is 10.9. The number of halogens is 4. The van der Waals surface area contributed by atoms with E-state index in [9.17, 15) is 0 Å². The highest BCUT2D eigenvalue weighted by Crippen LogP contribution is 2.44. The molecule has 0 unspecified atom stereocenters. The standard InChI is InChI=1S/C44H32Cl4N2O2/c1-51-43-27-42(30-5-17-36(18-6-30)50(39-23-11-33(47)12-24-39)40-25-13-34(48)14-26-40)44(52-2)28-41(43)29-3-15-35(16-4-29)49(37-19-7-31(45)8-20-37)38-21-9-32(46)10-22-38/h3-28H,1-2H3. The van der Waals surface area contributed by atoms with Crippen molar-refractivity contribution in [2.24, 2.45) is 0 Å². The van der Waals surface area contributed by atoms with E-state index in [1.165, 1.54) is 0 Å². The largest absolute Gasteiger partial charge is 0.496 e. The molecule has 258 valence electrons. The van der Waals surface area contributed by atoms with Crippen LogP contribution in [-0.4, -0.2) is 14.2 Å². The van der Waals surface area contributed by atoms with Gasteiger partial charge in [-0.1, -0.05) is 70.7 Å². The van der Waals surface area contributed by atoms with Gasteiger partial charge in [0.25, 0.3) is 0 Å². The van der Waals surface area contributed by atoms with Gasteiger partial charge in [0.15, 0.2) is 0 Å². The van der Waals surface area contributed by atoms with Gasteiger partial charge in [0.2, 0.25) is 0 Å². The zero-order valence-electron chi connectivity index (χ0n) is 28.2. The van der Waals surface area contributed by atoms with Crippen LogP contribution in [0.1, 0.15) is 0 Å². The van der Waals surface area contributed by atoms with Crippen molar-refractivity contribution in [3.8, 4) is 33.8 Å². The van der Waals surface area contributed by atoms with Crippen LogP contribution in [0.5, 0.6) is 11.5 Å². The summed E-state index contributed by atoms with van der Waals surface area (Å²) >= 11 is 24.9. The van der Waals surface area contributed by atoms with Crippen LogP contribution in [-0.2, 0) is 0 Å². The molecule has 52 heavy (non-hydrogen) atoms. The lowest BCUT2D eigenvalue weighted by atomic mass is 9.97. The van der Waals surface area contributed by atoms with Crippen LogP contribution in [0.2, 0.25) is 20.1 Å². The molecule has 0 heterocycles. The minimum absolute atomic E-state index is 0.674. The maximum Gasteiger partial charge on any atom is 0.127 e. The summed E-state index contributed by atoms with van der Waals surface area (Å²) < 4.78 is 12.0. The molecule has 0 aliphatic carbocycles. The number of nitrogens with zero attached hydrogens (tertiary/aromatic N) is 2. The summed E-state index contributed by atoms with van der Waals surface area (Å²) in [5, 5.41) is 2.70. The molecule has 0 saturated carbocycles. The molecule has 0 amide bonds. The Kier molecular flexibility index (Phi) is 10.6. The highest BCUT2D eigenvalue weighted by atomic mass is 35.5. The molecular formula is C44H32Cl4N2O2. The minimum atomic E-state index is 0.674. The quantitative estimate of drug-likeness (QED) is 0.139. The molecule has 0 spiro atoms. The second kappa shape index (κ2) is 15.6. The van der Waals surface area contributed by atoms with Gasteiger partial charge in [-0.15, -0.1) is 0 Å². The molecule has 0 bridgehead atoms. The van der Waals surface area contributed by atoms with Crippen molar-refractivity contribution in [1.82, 2.24) is 0 Å². The van der Waals surface area contributed by atoms with Gasteiger partial charge in [-0.3, -0.25) is 0 Å². The van der Waals surface area contributed by atoms with E-state index in [1.54, 1.807) is 14.2 Å². The lowest BCUT2D eigenvalue weighted by molar-refractivity contribution is 0.406. The van der Waals surface area contributed by atoms with Gasteiger partial charge < -0.3 is 19.3 Å². The van der Waals surface area contributed by atoms with Crippen molar-refractivity contribution in [2.75, 3.05) is 24.0 Å². The molecule has 4 nitrogen and oxygen atoms in total. The van der Waals surface area contributed by atoms with Gasteiger partial charge in [0.1, 0.15) is 11.5 Å². The van der Waals surface area contributed by atoms with Gasteiger partial charge in [0, 0.05) is 65.3 Å². The fraction of sp³-hybridized carbons (Fsp3) is 0.0455. The molecule has 7 rings (SSSR count). The maximum absolute atomic E-state index is 6.23. The Hall–Kier alpha value is -5.10. The van der Waals surface area contributed by atoms with Crippen LogP contribution in [0.15, 0.2) is 158 Å². The predicted octanol–water partition coefficient (Wildman–Crippen LogP) is 14.6.